The second-order valence-corrected chi connectivity index (χ2v) is 5.67. The lowest BCUT2D eigenvalue weighted by Gasteiger charge is -2.30. The number of nitrogens with two attached hydrogens (primary N) is 1. The van der Waals surface area contributed by atoms with Crippen LogP contribution in [0.3, 0.4) is 0 Å². The van der Waals surface area contributed by atoms with Gasteiger partial charge in [0.25, 0.3) is 0 Å². The summed E-state index contributed by atoms with van der Waals surface area (Å²) in [7, 11) is 0. The molecule has 0 bridgehead atoms. The monoisotopic (exact) mass is 273 g/mol. The molecule has 0 aliphatic carbocycles. The molecule has 0 radical (unpaired) electrons. The zero-order valence-corrected chi connectivity index (χ0v) is 12.6. The summed E-state index contributed by atoms with van der Waals surface area (Å²) in [5.74, 6) is 7.44. The molecule has 0 aliphatic rings. The average molecular weight is 273 g/mol. The van der Waals surface area contributed by atoms with Gasteiger partial charge in [0.15, 0.2) is 0 Å². The molecule has 0 saturated carbocycles. The molecule has 1 aromatic heterocycles. The molecule has 1 heterocycles. The third kappa shape index (κ3) is 2.99. The summed E-state index contributed by atoms with van der Waals surface area (Å²) in [6, 6.07) is 8.39. The van der Waals surface area contributed by atoms with Gasteiger partial charge in [-0.15, -0.1) is 0 Å². The number of anilines is 2. The Morgan fingerprint density at radius 2 is 1.85 bits per heavy atom. The summed E-state index contributed by atoms with van der Waals surface area (Å²) >= 11 is 0. The van der Waals surface area contributed by atoms with Crippen molar-refractivity contribution in [3.63, 3.8) is 0 Å². The van der Waals surface area contributed by atoms with Crippen molar-refractivity contribution in [3.8, 4) is 0 Å². The van der Waals surface area contributed by atoms with Crippen LogP contribution in [0.1, 0.15) is 27.7 Å². The lowest BCUT2D eigenvalue weighted by molar-refractivity contribution is 0.567. The quantitative estimate of drug-likeness (QED) is 0.647. The molecule has 0 spiro atoms. The van der Waals surface area contributed by atoms with Gasteiger partial charge in [0, 0.05) is 18.0 Å². The number of nitrogens with zero attached hydrogens (tertiary/aromatic N) is 3. The molecule has 1 aromatic carbocycles. The Bertz CT molecular complexity index is 579. The van der Waals surface area contributed by atoms with Gasteiger partial charge in [-0.2, -0.15) is 4.98 Å². The Balaban J connectivity index is 2.59. The van der Waals surface area contributed by atoms with Crippen LogP contribution in [0.2, 0.25) is 0 Å². The molecule has 5 nitrogen and oxygen atoms in total. The van der Waals surface area contributed by atoms with Gasteiger partial charge in [0.05, 0.1) is 5.52 Å². The van der Waals surface area contributed by atoms with Gasteiger partial charge >= 0.3 is 0 Å². The normalized spacial score (nSPS) is 11.3. The van der Waals surface area contributed by atoms with Gasteiger partial charge in [-0.3, -0.25) is 5.43 Å². The third-order valence-corrected chi connectivity index (χ3v) is 3.17. The molecule has 0 saturated heterocycles. The third-order valence-electron chi connectivity index (χ3n) is 3.17. The van der Waals surface area contributed by atoms with E-state index in [1.165, 1.54) is 0 Å². The van der Waals surface area contributed by atoms with E-state index in [-0.39, 0.29) is 0 Å². The Morgan fingerprint density at radius 3 is 2.45 bits per heavy atom. The van der Waals surface area contributed by atoms with E-state index in [1.807, 2.05) is 18.2 Å². The van der Waals surface area contributed by atoms with Crippen LogP contribution in [0, 0.1) is 5.92 Å². The first-order valence-electron chi connectivity index (χ1n) is 7.03. The summed E-state index contributed by atoms with van der Waals surface area (Å²) in [6.07, 6.45) is 0. The van der Waals surface area contributed by atoms with Crippen molar-refractivity contribution in [3.05, 3.63) is 24.3 Å². The molecular weight excluding hydrogens is 250 g/mol. The predicted octanol–water partition coefficient (Wildman–Crippen LogP) is 2.79. The Labute approximate surface area is 120 Å². The van der Waals surface area contributed by atoms with E-state index in [9.17, 15) is 0 Å². The summed E-state index contributed by atoms with van der Waals surface area (Å²) in [5.41, 5.74) is 3.46. The standard InChI is InChI=1S/C15H23N5/c1-10(2)9-20(11(3)4)14-12-7-5-6-8-13(12)17-15(18-14)19-16/h5-8,10-11H,9,16H2,1-4H3,(H,17,18,19). The molecule has 3 N–H and O–H groups in total. The van der Waals surface area contributed by atoms with Crippen LogP contribution in [-0.4, -0.2) is 22.6 Å². The van der Waals surface area contributed by atoms with Crippen molar-refractivity contribution in [2.24, 2.45) is 11.8 Å². The van der Waals surface area contributed by atoms with E-state index in [2.05, 4.69) is 54.1 Å². The molecule has 0 unspecified atom stereocenters. The van der Waals surface area contributed by atoms with E-state index in [1.54, 1.807) is 0 Å². The zero-order chi connectivity index (χ0) is 14.7. The summed E-state index contributed by atoms with van der Waals surface area (Å²) in [6.45, 7) is 9.72. The van der Waals surface area contributed by atoms with Crippen LogP contribution in [0.25, 0.3) is 10.9 Å². The first kappa shape index (κ1) is 14.5. The summed E-state index contributed by atoms with van der Waals surface area (Å²) < 4.78 is 0. The summed E-state index contributed by atoms with van der Waals surface area (Å²) in [4.78, 5) is 11.3. The molecule has 2 aromatic rings. The fourth-order valence-electron chi connectivity index (χ4n) is 2.28. The van der Waals surface area contributed by atoms with Gasteiger partial charge in [0.1, 0.15) is 5.82 Å². The van der Waals surface area contributed by atoms with Crippen molar-refractivity contribution in [1.29, 1.82) is 0 Å². The Kier molecular flexibility index (Phi) is 4.39. The van der Waals surface area contributed by atoms with Gasteiger partial charge in [-0.25, -0.2) is 10.8 Å². The second kappa shape index (κ2) is 6.05. The number of rotatable bonds is 5. The van der Waals surface area contributed by atoms with E-state index >= 15 is 0 Å². The zero-order valence-electron chi connectivity index (χ0n) is 12.6. The minimum Gasteiger partial charge on any atom is -0.353 e. The lowest BCUT2D eigenvalue weighted by Crippen LogP contribution is -2.35. The molecule has 0 atom stereocenters. The highest BCUT2D eigenvalue weighted by molar-refractivity contribution is 5.90. The average Bonchev–Trinajstić information content (AvgIpc) is 2.43. The van der Waals surface area contributed by atoms with E-state index in [0.717, 1.165) is 23.3 Å². The fourth-order valence-corrected chi connectivity index (χ4v) is 2.28. The second-order valence-electron chi connectivity index (χ2n) is 5.67. The molecular formula is C15H23N5. The van der Waals surface area contributed by atoms with Crippen LogP contribution < -0.4 is 16.2 Å². The van der Waals surface area contributed by atoms with Crippen molar-refractivity contribution >= 4 is 22.7 Å². The van der Waals surface area contributed by atoms with Crippen LogP contribution in [0.15, 0.2) is 24.3 Å². The molecule has 20 heavy (non-hydrogen) atoms. The van der Waals surface area contributed by atoms with Gasteiger partial charge in [-0.1, -0.05) is 26.0 Å². The number of para-hydroxylation sites is 1. The minimum absolute atomic E-state index is 0.362. The number of aromatic nitrogens is 2. The number of nitrogen functional groups attached to an aromatic ring is 1. The Morgan fingerprint density at radius 1 is 1.15 bits per heavy atom. The molecule has 5 heteroatoms. The first-order valence-corrected chi connectivity index (χ1v) is 7.03. The largest absolute Gasteiger partial charge is 0.353 e. The minimum atomic E-state index is 0.362. The van der Waals surface area contributed by atoms with Crippen LogP contribution in [-0.2, 0) is 0 Å². The van der Waals surface area contributed by atoms with Crippen LogP contribution >= 0.6 is 0 Å². The maximum absolute atomic E-state index is 5.49. The lowest BCUT2D eigenvalue weighted by atomic mass is 10.1. The Hall–Kier alpha value is -1.88. The number of hydrogen-bond donors (Lipinski definition) is 2. The molecule has 2 rings (SSSR count). The predicted molar refractivity (Wildman–Crippen MR) is 84.7 cm³/mol. The van der Waals surface area contributed by atoms with E-state index in [4.69, 9.17) is 5.84 Å². The molecule has 108 valence electrons. The van der Waals surface area contributed by atoms with Crippen molar-refractivity contribution in [1.82, 2.24) is 9.97 Å². The first-order chi connectivity index (χ1) is 9.52. The number of hydrazine groups is 1. The maximum atomic E-state index is 5.49. The fraction of sp³-hybridized carbons (Fsp3) is 0.467. The van der Waals surface area contributed by atoms with Gasteiger partial charge < -0.3 is 4.90 Å². The van der Waals surface area contributed by atoms with Crippen LogP contribution in [0.5, 0.6) is 0 Å². The molecule has 0 amide bonds. The summed E-state index contributed by atoms with van der Waals surface area (Å²) in [5, 5.41) is 1.06. The number of benzene rings is 1. The van der Waals surface area contributed by atoms with Crippen molar-refractivity contribution in [2.75, 3.05) is 16.9 Å². The topological polar surface area (TPSA) is 67.1 Å². The van der Waals surface area contributed by atoms with E-state index in [0.29, 0.717) is 17.9 Å². The number of hydrogen-bond acceptors (Lipinski definition) is 5. The SMILES string of the molecule is CC(C)CN(c1nc(NN)nc2ccccc12)C(C)C. The van der Waals surface area contributed by atoms with Crippen LogP contribution in [0.4, 0.5) is 11.8 Å². The van der Waals surface area contributed by atoms with Gasteiger partial charge in [0.2, 0.25) is 5.95 Å². The highest BCUT2D eigenvalue weighted by atomic mass is 15.3. The van der Waals surface area contributed by atoms with E-state index < -0.39 is 0 Å². The highest BCUT2D eigenvalue weighted by Crippen LogP contribution is 2.27. The van der Waals surface area contributed by atoms with Gasteiger partial charge in [-0.05, 0) is 31.9 Å². The number of nitrogens with one attached hydrogen (secondary N) is 1. The smallest absolute Gasteiger partial charge is 0.239 e. The maximum Gasteiger partial charge on any atom is 0.239 e. The molecule has 0 fully saturated rings. The molecule has 0 aliphatic heterocycles. The highest BCUT2D eigenvalue weighted by Gasteiger charge is 2.18. The van der Waals surface area contributed by atoms with Crippen molar-refractivity contribution in [2.45, 2.75) is 33.7 Å². The van der Waals surface area contributed by atoms with Crippen molar-refractivity contribution < 1.29 is 0 Å². The number of fused-ring (bicyclic) bond motifs is 1.